The van der Waals surface area contributed by atoms with E-state index in [1.165, 1.54) is 12.6 Å². The van der Waals surface area contributed by atoms with Crippen molar-refractivity contribution < 1.29 is 4.79 Å². The predicted molar refractivity (Wildman–Crippen MR) is 102 cm³/mol. The third kappa shape index (κ3) is 3.74. The van der Waals surface area contributed by atoms with E-state index in [4.69, 9.17) is 11.1 Å². The summed E-state index contributed by atoms with van der Waals surface area (Å²) in [5.41, 5.74) is 7.37. The van der Waals surface area contributed by atoms with Crippen molar-refractivity contribution in [2.45, 2.75) is 19.3 Å². The van der Waals surface area contributed by atoms with Gasteiger partial charge in [0.25, 0.3) is 5.91 Å². The highest BCUT2D eigenvalue weighted by atomic mass is 16.1. The van der Waals surface area contributed by atoms with Gasteiger partial charge in [0.05, 0.1) is 11.9 Å². The first kappa shape index (κ1) is 17.7. The molecule has 3 rings (SSSR count). The van der Waals surface area contributed by atoms with Crippen molar-refractivity contribution in [2.24, 2.45) is 12.8 Å². The molecule has 3 heterocycles. The topological polar surface area (TPSA) is 113 Å². The van der Waals surface area contributed by atoms with Crippen LogP contribution in [0.3, 0.4) is 0 Å². The SMILES string of the molecule is Cn1cc(NC(=O)c2cccc(/C(C=N)=C/N)n2)c(N2CCCCC2)n1. The number of nitrogens with one attached hydrogen (secondary N) is 2. The Bertz CT molecular complexity index is 834. The maximum absolute atomic E-state index is 12.7. The van der Waals surface area contributed by atoms with Crippen LogP contribution in [-0.2, 0) is 7.05 Å². The molecular formula is C18H23N7O. The normalized spacial score (nSPS) is 15.0. The zero-order chi connectivity index (χ0) is 18.5. The molecule has 136 valence electrons. The summed E-state index contributed by atoms with van der Waals surface area (Å²) in [6.45, 7) is 1.88. The molecular weight excluding hydrogens is 330 g/mol. The van der Waals surface area contributed by atoms with E-state index in [0.717, 1.165) is 38.0 Å². The standard InChI is InChI=1S/C18H23N7O/c1-24-12-16(17(23-24)25-8-3-2-4-9-25)22-18(26)15-7-5-6-14(21-15)13(10-19)11-20/h5-7,10-12,19H,2-4,8-9,20H2,1H3,(H,22,26)/b13-11+,19-10?. The fraction of sp³-hybridized carbons (Fsp3) is 0.333. The largest absolute Gasteiger partial charge is 0.404 e. The maximum Gasteiger partial charge on any atom is 0.274 e. The van der Waals surface area contributed by atoms with Gasteiger partial charge in [0.15, 0.2) is 5.82 Å². The Kier molecular flexibility index (Phi) is 5.31. The second-order valence-electron chi connectivity index (χ2n) is 6.22. The van der Waals surface area contributed by atoms with Gasteiger partial charge < -0.3 is 21.4 Å². The first-order chi connectivity index (χ1) is 12.6. The molecule has 0 atom stereocenters. The summed E-state index contributed by atoms with van der Waals surface area (Å²) < 4.78 is 1.70. The quantitative estimate of drug-likeness (QED) is 0.712. The number of carbonyl (C=O) groups is 1. The van der Waals surface area contributed by atoms with E-state index in [9.17, 15) is 4.79 Å². The number of amides is 1. The molecule has 2 aromatic rings. The summed E-state index contributed by atoms with van der Waals surface area (Å²) in [5.74, 6) is 0.471. The first-order valence-corrected chi connectivity index (χ1v) is 8.62. The lowest BCUT2D eigenvalue weighted by Crippen LogP contribution is -2.30. The third-order valence-electron chi connectivity index (χ3n) is 4.33. The van der Waals surface area contributed by atoms with Crippen molar-refractivity contribution in [3.8, 4) is 0 Å². The highest BCUT2D eigenvalue weighted by Crippen LogP contribution is 2.27. The van der Waals surface area contributed by atoms with Crippen LogP contribution in [0.2, 0.25) is 0 Å². The molecule has 26 heavy (non-hydrogen) atoms. The molecule has 1 aliphatic rings. The van der Waals surface area contributed by atoms with E-state index in [2.05, 4.69) is 20.3 Å². The summed E-state index contributed by atoms with van der Waals surface area (Å²) in [4.78, 5) is 19.2. The van der Waals surface area contributed by atoms with Gasteiger partial charge in [0.2, 0.25) is 0 Å². The van der Waals surface area contributed by atoms with Crippen molar-refractivity contribution in [3.63, 3.8) is 0 Å². The van der Waals surface area contributed by atoms with E-state index in [-0.39, 0.29) is 11.6 Å². The summed E-state index contributed by atoms with van der Waals surface area (Å²) >= 11 is 0. The Morgan fingerprint density at radius 3 is 2.69 bits per heavy atom. The second-order valence-corrected chi connectivity index (χ2v) is 6.22. The van der Waals surface area contributed by atoms with Crippen molar-refractivity contribution in [2.75, 3.05) is 23.3 Å². The number of hydrogen-bond acceptors (Lipinski definition) is 6. The molecule has 4 N–H and O–H groups in total. The Hall–Kier alpha value is -3.16. The van der Waals surface area contributed by atoms with Gasteiger partial charge in [-0.25, -0.2) is 4.98 Å². The Balaban J connectivity index is 1.82. The van der Waals surface area contributed by atoms with Gasteiger partial charge >= 0.3 is 0 Å². The molecule has 0 unspecified atom stereocenters. The van der Waals surface area contributed by atoms with Crippen molar-refractivity contribution in [1.82, 2.24) is 14.8 Å². The van der Waals surface area contributed by atoms with Crippen molar-refractivity contribution >= 4 is 29.2 Å². The maximum atomic E-state index is 12.7. The molecule has 0 aliphatic carbocycles. The first-order valence-electron chi connectivity index (χ1n) is 8.62. The average Bonchev–Trinajstić information content (AvgIpc) is 3.04. The minimum atomic E-state index is -0.320. The number of allylic oxidation sites excluding steroid dienone is 1. The molecule has 1 amide bonds. The number of anilines is 2. The van der Waals surface area contributed by atoms with Gasteiger partial charge in [-0.05, 0) is 31.4 Å². The molecule has 8 heteroatoms. The Morgan fingerprint density at radius 1 is 1.27 bits per heavy atom. The number of aryl methyl sites for hydroxylation is 1. The smallest absolute Gasteiger partial charge is 0.274 e. The fourth-order valence-electron chi connectivity index (χ4n) is 3.02. The zero-order valence-electron chi connectivity index (χ0n) is 14.8. The highest BCUT2D eigenvalue weighted by molar-refractivity contribution is 6.08. The van der Waals surface area contributed by atoms with Crippen LogP contribution in [0.25, 0.3) is 5.57 Å². The van der Waals surface area contributed by atoms with E-state index >= 15 is 0 Å². The van der Waals surface area contributed by atoms with Crippen LogP contribution >= 0.6 is 0 Å². The third-order valence-corrected chi connectivity index (χ3v) is 4.33. The van der Waals surface area contributed by atoms with E-state index in [1.807, 2.05) is 7.05 Å². The number of aromatic nitrogens is 3. The number of rotatable bonds is 5. The monoisotopic (exact) mass is 353 g/mol. The lowest BCUT2D eigenvalue weighted by atomic mass is 10.1. The Morgan fingerprint density at radius 2 is 2.00 bits per heavy atom. The van der Waals surface area contributed by atoms with Gasteiger partial charge in [-0.1, -0.05) is 6.07 Å². The molecule has 0 aromatic carbocycles. The van der Waals surface area contributed by atoms with Gasteiger partial charge in [-0.2, -0.15) is 5.10 Å². The van der Waals surface area contributed by atoms with Gasteiger partial charge in [0.1, 0.15) is 11.4 Å². The van der Waals surface area contributed by atoms with Gasteiger partial charge in [0, 0.05) is 38.1 Å². The van der Waals surface area contributed by atoms with Crippen LogP contribution in [0.4, 0.5) is 11.5 Å². The summed E-state index contributed by atoms with van der Waals surface area (Å²) in [5, 5.41) is 14.8. The molecule has 1 saturated heterocycles. The number of nitrogens with zero attached hydrogens (tertiary/aromatic N) is 4. The fourth-order valence-corrected chi connectivity index (χ4v) is 3.02. The van der Waals surface area contributed by atoms with E-state index < -0.39 is 0 Å². The van der Waals surface area contributed by atoms with Crippen LogP contribution < -0.4 is 16.0 Å². The van der Waals surface area contributed by atoms with Crippen LogP contribution in [-0.4, -0.2) is 40.0 Å². The minimum Gasteiger partial charge on any atom is -0.404 e. The second kappa shape index (κ2) is 7.81. The molecule has 0 saturated carbocycles. The summed E-state index contributed by atoms with van der Waals surface area (Å²) in [7, 11) is 1.84. The molecule has 0 spiro atoms. The molecule has 2 aromatic heterocycles. The number of nitrogens with two attached hydrogens (primary N) is 1. The molecule has 1 aliphatic heterocycles. The number of pyridine rings is 1. The lowest BCUT2D eigenvalue weighted by molar-refractivity contribution is 0.102. The van der Waals surface area contributed by atoms with Crippen LogP contribution in [0.15, 0.2) is 30.6 Å². The van der Waals surface area contributed by atoms with Gasteiger partial charge in [-0.15, -0.1) is 0 Å². The summed E-state index contributed by atoms with van der Waals surface area (Å²) in [6, 6.07) is 5.07. The highest BCUT2D eigenvalue weighted by Gasteiger charge is 2.20. The number of hydrogen-bond donors (Lipinski definition) is 3. The van der Waals surface area contributed by atoms with E-state index in [1.54, 1.807) is 29.1 Å². The number of piperidine rings is 1. The molecule has 8 nitrogen and oxygen atoms in total. The van der Waals surface area contributed by atoms with E-state index in [0.29, 0.717) is 17.0 Å². The van der Waals surface area contributed by atoms with Crippen molar-refractivity contribution in [1.29, 1.82) is 5.41 Å². The molecule has 0 radical (unpaired) electrons. The zero-order valence-corrected chi connectivity index (χ0v) is 14.8. The van der Waals surface area contributed by atoms with Gasteiger partial charge in [-0.3, -0.25) is 9.48 Å². The summed E-state index contributed by atoms with van der Waals surface area (Å²) in [6.07, 6.45) is 7.70. The lowest BCUT2D eigenvalue weighted by Gasteiger charge is -2.27. The minimum absolute atomic E-state index is 0.261. The van der Waals surface area contributed by atoms with Crippen LogP contribution in [0.5, 0.6) is 0 Å². The van der Waals surface area contributed by atoms with Crippen molar-refractivity contribution in [3.05, 3.63) is 42.0 Å². The van der Waals surface area contributed by atoms with Crippen LogP contribution in [0, 0.1) is 5.41 Å². The Labute approximate surface area is 152 Å². The number of carbonyl (C=O) groups excluding carboxylic acids is 1. The van der Waals surface area contributed by atoms with Crippen LogP contribution in [0.1, 0.15) is 35.4 Å². The predicted octanol–water partition coefficient (Wildman–Crippen LogP) is 2.01. The average molecular weight is 353 g/mol. The molecule has 1 fully saturated rings. The molecule has 0 bridgehead atoms.